The zero-order valence-corrected chi connectivity index (χ0v) is 9.80. The van der Waals surface area contributed by atoms with E-state index in [0.717, 1.165) is 5.67 Å². The molecule has 0 radical (unpaired) electrons. The molecule has 0 aliphatic carbocycles. The molecule has 0 amide bonds. The van der Waals surface area contributed by atoms with Gasteiger partial charge in [-0.3, -0.25) is 0 Å². The number of nitrogens with zero attached hydrogens (tertiary/aromatic N) is 1. The van der Waals surface area contributed by atoms with E-state index in [1.165, 1.54) is 38.8 Å². The Kier molecular flexibility index (Phi) is 4.88. The summed E-state index contributed by atoms with van der Waals surface area (Å²) in [7, 11) is 1.58. The maximum absolute atomic E-state index is 5.35. The van der Waals surface area contributed by atoms with Crippen LogP contribution in [0.3, 0.4) is 0 Å². The normalized spacial score (nSPS) is 23.5. The average molecular weight is 187 g/mol. The summed E-state index contributed by atoms with van der Waals surface area (Å²) in [5.74, 6) is 0. The monoisotopic (exact) mass is 187 g/mol. The standard InChI is InChI=1S/C9H21NOSi/c1-3-9(12-11-2)10-7-5-4-6-8-10/h9H,3-8,12H2,1-2H3. The quantitative estimate of drug-likeness (QED) is 0.607. The molecule has 1 aliphatic rings. The molecule has 0 bridgehead atoms. The molecule has 1 rings (SSSR count). The van der Waals surface area contributed by atoms with Crippen LogP contribution in [0.1, 0.15) is 32.6 Å². The van der Waals surface area contributed by atoms with Gasteiger partial charge in [-0.05, 0) is 32.4 Å². The molecule has 0 spiro atoms. The molecule has 72 valence electrons. The highest BCUT2D eigenvalue weighted by atomic mass is 28.2. The van der Waals surface area contributed by atoms with Crippen molar-refractivity contribution in [2.45, 2.75) is 38.3 Å². The molecule has 1 atom stereocenters. The van der Waals surface area contributed by atoms with Crippen LogP contribution in [0.15, 0.2) is 0 Å². The summed E-state index contributed by atoms with van der Waals surface area (Å²) in [6.45, 7) is 4.91. The molecule has 1 unspecified atom stereocenters. The summed E-state index contributed by atoms with van der Waals surface area (Å²) in [5.41, 5.74) is 0.801. The number of likely N-dealkylation sites (tertiary alicyclic amines) is 1. The van der Waals surface area contributed by atoms with Gasteiger partial charge in [0.1, 0.15) is 0 Å². The van der Waals surface area contributed by atoms with Crippen molar-refractivity contribution in [3.8, 4) is 0 Å². The predicted molar refractivity (Wildman–Crippen MR) is 55.1 cm³/mol. The summed E-state index contributed by atoms with van der Waals surface area (Å²) in [5, 5.41) is 0. The fourth-order valence-corrected chi connectivity index (χ4v) is 3.15. The lowest BCUT2D eigenvalue weighted by Gasteiger charge is -2.33. The van der Waals surface area contributed by atoms with Gasteiger partial charge in [0.25, 0.3) is 0 Å². The van der Waals surface area contributed by atoms with Crippen molar-refractivity contribution in [2.75, 3.05) is 20.2 Å². The Hall–Kier alpha value is 0.137. The molecule has 1 fully saturated rings. The van der Waals surface area contributed by atoms with E-state index in [4.69, 9.17) is 4.43 Å². The molecular formula is C9H21NOSi. The molecule has 0 aromatic heterocycles. The van der Waals surface area contributed by atoms with Crippen LogP contribution in [-0.2, 0) is 4.43 Å². The van der Waals surface area contributed by atoms with Crippen LogP contribution in [0.25, 0.3) is 0 Å². The van der Waals surface area contributed by atoms with E-state index in [2.05, 4.69) is 11.8 Å². The van der Waals surface area contributed by atoms with E-state index in [9.17, 15) is 0 Å². The lowest BCUT2D eigenvalue weighted by molar-refractivity contribution is 0.192. The van der Waals surface area contributed by atoms with Gasteiger partial charge >= 0.3 is 0 Å². The maximum Gasteiger partial charge on any atom is 0.177 e. The van der Waals surface area contributed by atoms with Crippen LogP contribution in [0.4, 0.5) is 0 Å². The Morgan fingerprint density at radius 3 is 2.50 bits per heavy atom. The summed E-state index contributed by atoms with van der Waals surface area (Å²) < 4.78 is 5.35. The smallest absolute Gasteiger partial charge is 0.177 e. The van der Waals surface area contributed by atoms with Crippen molar-refractivity contribution in [3.05, 3.63) is 0 Å². The van der Waals surface area contributed by atoms with E-state index < -0.39 is 0 Å². The molecule has 1 saturated heterocycles. The first-order valence-corrected chi connectivity index (χ1v) is 6.51. The van der Waals surface area contributed by atoms with Crippen molar-refractivity contribution in [1.29, 1.82) is 0 Å². The van der Waals surface area contributed by atoms with Gasteiger partial charge in [-0.25, -0.2) is 0 Å². The average Bonchev–Trinajstić information content (AvgIpc) is 2.15. The van der Waals surface area contributed by atoms with E-state index in [1.54, 1.807) is 0 Å². The molecule has 0 aromatic rings. The van der Waals surface area contributed by atoms with Gasteiger partial charge in [0.05, 0.1) is 0 Å². The Balaban J connectivity index is 2.29. The zero-order chi connectivity index (χ0) is 8.81. The van der Waals surface area contributed by atoms with E-state index in [0.29, 0.717) is 0 Å². The van der Waals surface area contributed by atoms with Crippen molar-refractivity contribution < 1.29 is 4.43 Å². The zero-order valence-electron chi connectivity index (χ0n) is 8.38. The third-order valence-corrected chi connectivity index (χ3v) is 4.55. The van der Waals surface area contributed by atoms with Crippen LogP contribution in [0.2, 0.25) is 0 Å². The molecule has 0 saturated carbocycles. The van der Waals surface area contributed by atoms with Crippen LogP contribution in [-0.4, -0.2) is 40.5 Å². The van der Waals surface area contributed by atoms with Gasteiger partial charge in [-0.15, -0.1) is 0 Å². The van der Waals surface area contributed by atoms with Crippen molar-refractivity contribution in [3.63, 3.8) is 0 Å². The summed E-state index contributed by atoms with van der Waals surface area (Å²) >= 11 is 0. The maximum atomic E-state index is 5.35. The van der Waals surface area contributed by atoms with Crippen LogP contribution >= 0.6 is 0 Å². The van der Waals surface area contributed by atoms with Crippen LogP contribution < -0.4 is 0 Å². The Morgan fingerprint density at radius 1 is 1.33 bits per heavy atom. The predicted octanol–water partition coefficient (Wildman–Crippen LogP) is 0.939. The number of hydrogen-bond donors (Lipinski definition) is 0. The number of hydrogen-bond acceptors (Lipinski definition) is 2. The minimum Gasteiger partial charge on any atom is -0.426 e. The van der Waals surface area contributed by atoms with Crippen LogP contribution in [0.5, 0.6) is 0 Å². The second kappa shape index (κ2) is 5.73. The van der Waals surface area contributed by atoms with E-state index in [-0.39, 0.29) is 9.76 Å². The van der Waals surface area contributed by atoms with E-state index >= 15 is 0 Å². The van der Waals surface area contributed by atoms with Gasteiger partial charge in [-0.2, -0.15) is 0 Å². The van der Waals surface area contributed by atoms with Crippen molar-refractivity contribution in [2.24, 2.45) is 0 Å². The third kappa shape index (κ3) is 2.88. The first-order valence-electron chi connectivity index (χ1n) is 5.11. The molecule has 12 heavy (non-hydrogen) atoms. The highest BCUT2D eigenvalue weighted by Gasteiger charge is 2.18. The fraction of sp³-hybridized carbons (Fsp3) is 1.00. The Morgan fingerprint density at radius 2 is 2.00 bits per heavy atom. The Bertz CT molecular complexity index is 112. The fourth-order valence-electron chi connectivity index (χ4n) is 1.96. The molecule has 1 heterocycles. The van der Waals surface area contributed by atoms with Gasteiger partial charge < -0.3 is 9.33 Å². The number of rotatable bonds is 4. The van der Waals surface area contributed by atoms with Crippen LogP contribution in [0, 0.1) is 0 Å². The van der Waals surface area contributed by atoms with Gasteiger partial charge in [0.2, 0.25) is 0 Å². The topological polar surface area (TPSA) is 12.5 Å². The lowest BCUT2D eigenvalue weighted by atomic mass is 10.1. The minimum atomic E-state index is -0.283. The largest absolute Gasteiger partial charge is 0.426 e. The second-order valence-electron chi connectivity index (χ2n) is 3.61. The summed E-state index contributed by atoms with van der Waals surface area (Å²) in [6.07, 6.45) is 5.50. The minimum absolute atomic E-state index is 0.283. The molecular weight excluding hydrogens is 166 g/mol. The first-order chi connectivity index (χ1) is 5.88. The van der Waals surface area contributed by atoms with E-state index in [1.807, 2.05) is 7.11 Å². The molecule has 1 aliphatic heterocycles. The number of piperidine rings is 1. The molecule has 0 N–H and O–H groups in total. The summed E-state index contributed by atoms with van der Waals surface area (Å²) in [4.78, 5) is 2.64. The van der Waals surface area contributed by atoms with Gasteiger partial charge in [0, 0.05) is 12.8 Å². The highest BCUT2D eigenvalue weighted by Crippen LogP contribution is 2.13. The lowest BCUT2D eigenvalue weighted by Crippen LogP contribution is -2.42. The SMILES string of the molecule is CCC([SiH2]OC)N1CCCCC1. The summed E-state index contributed by atoms with van der Waals surface area (Å²) in [6, 6.07) is 0. The van der Waals surface area contributed by atoms with Gasteiger partial charge in [-0.1, -0.05) is 13.3 Å². The Labute approximate surface area is 78.2 Å². The second-order valence-corrected chi connectivity index (χ2v) is 5.47. The molecule has 0 aromatic carbocycles. The van der Waals surface area contributed by atoms with Gasteiger partial charge in [0.15, 0.2) is 9.76 Å². The van der Waals surface area contributed by atoms with Crippen molar-refractivity contribution in [1.82, 2.24) is 4.90 Å². The van der Waals surface area contributed by atoms with Crippen molar-refractivity contribution >= 4 is 9.76 Å². The first kappa shape index (κ1) is 10.2. The molecule has 3 heteroatoms. The third-order valence-electron chi connectivity index (χ3n) is 2.74. The highest BCUT2D eigenvalue weighted by molar-refractivity contribution is 6.29. The molecule has 2 nitrogen and oxygen atoms in total.